The summed E-state index contributed by atoms with van der Waals surface area (Å²) in [5.41, 5.74) is 0.883. The molecule has 1 aliphatic rings. The van der Waals surface area contributed by atoms with Crippen molar-refractivity contribution in [2.24, 2.45) is 0 Å². The van der Waals surface area contributed by atoms with Crippen molar-refractivity contribution in [1.29, 1.82) is 5.26 Å². The molecule has 0 aromatic carbocycles. The number of nitriles is 1. The van der Waals surface area contributed by atoms with Gasteiger partial charge in [-0.15, -0.1) is 0 Å². The van der Waals surface area contributed by atoms with E-state index in [0.717, 1.165) is 30.0 Å². The zero-order valence-electron chi connectivity index (χ0n) is 11.6. The van der Waals surface area contributed by atoms with Gasteiger partial charge in [0.25, 0.3) is 0 Å². The number of hydrogen-bond donors (Lipinski definition) is 1. The van der Waals surface area contributed by atoms with Crippen LogP contribution in [0.2, 0.25) is 0 Å². The summed E-state index contributed by atoms with van der Waals surface area (Å²) in [7, 11) is 2.03. The zero-order chi connectivity index (χ0) is 13.4. The molecule has 0 atom stereocenters. The Hall–Kier alpha value is -0.760. The van der Waals surface area contributed by atoms with Crippen molar-refractivity contribution in [3.63, 3.8) is 0 Å². The normalized spacial score (nSPS) is 19.9. The number of nitrogens with one attached hydrogen (secondary N) is 1. The van der Waals surface area contributed by atoms with Gasteiger partial charge in [0.2, 0.25) is 0 Å². The Bertz CT molecular complexity index is 347. The Morgan fingerprint density at radius 2 is 2.17 bits per heavy atom. The second-order valence-corrected chi connectivity index (χ2v) is 5.53. The smallest absolute Gasteiger partial charge is 0.0959 e. The van der Waals surface area contributed by atoms with E-state index in [4.69, 9.17) is 5.26 Å². The Labute approximate surface area is 115 Å². The first-order chi connectivity index (χ1) is 8.74. The van der Waals surface area contributed by atoms with Crippen LogP contribution in [0.1, 0.15) is 33.1 Å². The number of rotatable bonds is 5. The van der Waals surface area contributed by atoms with Crippen LogP contribution in [-0.4, -0.2) is 30.5 Å². The number of hydrogen-bond acceptors (Lipinski definition) is 4. The molecule has 3 nitrogen and oxygen atoms in total. The highest BCUT2D eigenvalue weighted by molar-refractivity contribution is 8.01. The molecule has 0 radical (unpaired) electrons. The monoisotopic (exact) mass is 265 g/mol. The second-order valence-electron chi connectivity index (χ2n) is 4.39. The third-order valence-corrected chi connectivity index (χ3v) is 4.40. The van der Waals surface area contributed by atoms with Gasteiger partial charge in [-0.3, -0.25) is 0 Å². The van der Waals surface area contributed by atoms with E-state index in [1.165, 1.54) is 12.8 Å². The van der Waals surface area contributed by atoms with Crippen LogP contribution in [0.5, 0.6) is 0 Å². The Morgan fingerprint density at radius 1 is 1.50 bits per heavy atom. The molecule has 1 N–H and O–H groups in total. The van der Waals surface area contributed by atoms with Gasteiger partial charge in [-0.1, -0.05) is 19.1 Å². The van der Waals surface area contributed by atoms with Gasteiger partial charge < -0.3 is 5.32 Å². The van der Waals surface area contributed by atoms with Crippen LogP contribution < -0.4 is 5.32 Å². The number of piperidine rings is 1. The van der Waals surface area contributed by atoms with Gasteiger partial charge >= 0.3 is 0 Å². The van der Waals surface area contributed by atoms with Gasteiger partial charge in [0.15, 0.2) is 0 Å². The first-order valence-corrected chi connectivity index (χ1v) is 7.38. The molecule has 18 heavy (non-hydrogen) atoms. The number of nitrogens with zero attached hydrogens (tertiary/aromatic N) is 2. The molecule has 0 saturated carbocycles. The van der Waals surface area contributed by atoms with E-state index in [1.54, 1.807) is 11.9 Å². The summed E-state index contributed by atoms with van der Waals surface area (Å²) in [5.74, 6) is 0. The molecule has 1 fully saturated rings. The summed E-state index contributed by atoms with van der Waals surface area (Å²) in [5, 5.41) is 12.5. The van der Waals surface area contributed by atoms with E-state index in [2.05, 4.69) is 21.8 Å². The third kappa shape index (κ3) is 4.49. The topological polar surface area (TPSA) is 39.1 Å². The van der Waals surface area contributed by atoms with Crippen molar-refractivity contribution in [1.82, 2.24) is 9.62 Å². The maximum absolute atomic E-state index is 9.15. The van der Waals surface area contributed by atoms with Gasteiger partial charge in [-0.2, -0.15) is 5.26 Å². The van der Waals surface area contributed by atoms with Crippen LogP contribution in [0.4, 0.5) is 0 Å². The van der Waals surface area contributed by atoms with Crippen molar-refractivity contribution in [2.75, 3.05) is 20.1 Å². The van der Waals surface area contributed by atoms with Crippen LogP contribution >= 0.6 is 11.9 Å². The summed E-state index contributed by atoms with van der Waals surface area (Å²) in [6.07, 6.45) is 7.23. The third-order valence-electron chi connectivity index (χ3n) is 3.19. The van der Waals surface area contributed by atoms with Crippen LogP contribution in [0.15, 0.2) is 22.6 Å². The lowest BCUT2D eigenvalue weighted by atomic mass is 10.1. The lowest BCUT2D eigenvalue weighted by molar-refractivity contribution is 0.320. The van der Waals surface area contributed by atoms with Gasteiger partial charge in [0.1, 0.15) is 0 Å². The highest BCUT2D eigenvalue weighted by atomic mass is 32.2. The van der Waals surface area contributed by atoms with Crippen molar-refractivity contribution < 1.29 is 0 Å². The molecule has 0 aliphatic carbocycles. The highest BCUT2D eigenvalue weighted by Crippen LogP contribution is 2.29. The lowest BCUT2D eigenvalue weighted by Crippen LogP contribution is -2.38. The average molecular weight is 265 g/mol. The van der Waals surface area contributed by atoms with E-state index >= 15 is 0 Å². The summed E-state index contributed by atoms with van der Waals surface area (Å²) >= 11 is 1.74. The molecule has 0 aromatic heterocycles. The molecule has 1 saturated heterocycles. The Morgan fingerprint density at radius 3 is 2.61 bits per heavy atom. The summed E-state index contributed by atoms with van der Waals surface area (Å²) in [6.45, 7) is 6.20. The van der Waals surface area contributed by atoms with E-state index in [9.17, 15) is 0 Å². The molecule has 1 rings (SSSR count). The number of allylic oxidation sites excluding steroid dienone is 3. The van der Waals surface area contributed by atoms with E-state index in [-0.39, 0.29) is 0 Å². The fourth-order valence-electron chi connectivity index (χ4n) is 2.02. The Balaban J connectivity index is 2.64. The lowest BCUT2D eigenvalue weighted by Gasteiger charge is -2.31. The largest absolute Gasteiger partial charge is 0.317 e. The van der Waals surface area contributed by atoms with Crippen LogP contribution in [0, 0.1) is 11.3 Å². The Kier molecular flexibility index (Phi) is 7.11. The van der Waals surface area contributed by atoms with E-state index < -0.39 is 0 Å². The van der Waals surface area contributed by atoms with E-state index in [1.807, 2.05) is 27.0 Å². The van der Waals surface area contributed by atoms with Crippen LogP contribution in [0.3, 0.4) is 0 Å². The molecule has 0 unspecified atom stereocenters. The molecule has 0 spiro atoms. The van der Waals surface area contributed by atoms with Crippen molar-refractivity contribution >= 4 is 11.9 Å². The highest BCUT2D eigenvalue weighted by Gasteiger charge is 2.19. The van der Waals surface area contributed by atoms with Crippen LogP contribution in [0.25, 0.3) is 0 Å². The molecular formula is C14H23N3S. The summed E-state index contributed by atoms with van der Waals surface area (Å²) in [6, 6.07) is 2.97. The SMILES string of the molecule is C/C=C\C(SN1CCC(NC)CC1)=C(\C#N)CC. The predicted molar refractivity (Wildman–Crippen MR) is 79.0 cm³/mol. The quantitative estimate of drug-likeness (QED) is 0.471. The average Bonchev–Trinajstić information content (AvgIpc) is 2.41. The minimum absolute atomic E-state index is 0.651. The first-order valence-electron chi connectivity index (χ1n) is 6.61. The molecule has 4 heteroatoms. The van der Waals surface area contributed by atoms with Crippen LogP contribution in [-0.2, 0) is 0 Å². The minimum Gasteiger partial charge on any atom is -0.317 e. The zero-order valence-corrected chi connectivity index (χ0v) is 12.4. The molecular weight excluding hydrogens is 242 g/mol. The second kappa shape index (κ2) is 8.36. The molecule has 1 aliphatic heterocycles. The van der Waals surface area contributed by atoms with E-state index in [0.29, 0.717) is 6.04 Å². The van der Waals surface area contributed by atoms with Gasteiger partial charge in [-0.25, -0.2) is 4.31 Å². The van der Waals surface area contributed by atoms with Gasteiger partial charge in [-0.05, 0) is 45.2 Å². The summed E-state index contributed by atoms with van der Waals surface area (Å²) in [4.78, 5) is 1.10. The maximum Gasteiger partial charge on any atom is 0.0959 e. The van der Waals surface area contributed by atoms with Crippen molar-refractivity contribution in [3.8, 4) is 6.07 Å². The minimum atomic E-state index is 0.651. The molecule has 1 heterocycles. The van der Waals surface area contributed by atoms with Gasteiger partial charge in [0, 0.05) is 29.6 Å². The summed E-state index contributed by atoms with van der Waals surface area (Å²) < 4.78 is 2.37. The van der Waals surface area contributed by atoms with Crippen molar-refractivity contribution in [3.05, 3.63) is 22.6 Å². The fourth-order valence-corrected chi connectivity index (χ4v) is 3.19. The molecule has 100 valence electrons. The molecule has 0 bridgehead atoms. The van der Waals surface area contributed by atoms with Gasteiger partial charge in [0.05, 0.1) is 6.07 Å². The fraction of sp³-hybridized carbons (Fsp3) is 0.643. The maximum atomic E-state index is 9.15. The standard InChI is InChI=1S/C14H23N3S/c1-4-6-14(12(5-2)11-15)18-17-9-7-13(16-3)8-10-17/h4,6,13,16H,5,7-10H2,1-3H3/b6-4-,14-12-. The van der Waals surface area contributed by atoms with Crippen molar-refractivity contribution in [2.45, 2.75) is 39.2 Å². The molecule has 0 aromatic rings. The molecule has 0 amide bonds. The predicted octanol–water partition coefficient (Wildman–Crippen LogP) is 3.08. The first kappa shape index (κ1) is 15.3.